The van der Waals surface area contributed by atoms with Gasteiger partial charge in [-0.15, -0.1) is 0 Å². The molecule has 0 aromatic rings. The molecule has 1 fully saturated rings. The number of nitrogens with zero attached hydrogens (tertiary/aromatic N) is 1. The first-order valence-electron chi connectivity index (χ1n) is 6.81. The summed E-state index contributed by atoms with van der Waals surface area (Å²) in [6.45, 7) is 13.3. The van der Waals surface area contributed by atoms with E-state index in [4.69, 9.17) is 4.74 Å². The van der Waals surface area contributed by atoms with Crippen LogP contribution in [-0.2, 0) is 4.74 Å². The third kappa shape index (κ3) is 4.81. The number of hydrogen-bond donors (Lipinski definition) is 1. The molecule has 1 aliphatic rings. The van der Waals surface area contributed by atoms with Crippen molar-refractivity contribution in [3.05, 3.63) is 0 Å². The molecule has 16 heavy (non-hydrogen) atoms. The molecule has 1 rings (SSSR count). The van der Waals surface area contributed by atoms with Gasteiger partial charge in [-0.05, 0) is 38.8 Å². The molecule has 0 spiro atoms. The molecule has 0 radical (unpaired) electrons. The summed E-state index contributed by atoms with van der Waals surface area (Å²) < 4.78 is 5.39. The smallest absolute Gasteiger partial charge is 0.0469 e. The van der Waals surface area contributed by atoms with E-state index in [1.165, 1.54) is 19.4 Å². The highest BCUT2D eigenvalue weighted by molar-refractivity contribution is 4.75. The molecule has 0 aliphatic carbocycles. The Labute approximate surface area is 101 Å². The fourth-order valence-corrected chi connectivity index (χ4v) is 2.37. The molecule has 3 heteroatoms. The molecule has 1 N–H and O–H groups in total. The summed E-state index contributed by atoms with van der Waals surface area (Å²) >= 11 is 0. The molecule has 0 aromatic carbocycles. The van der Waals surface area contributed by atoms with Crippen molar-refractivity contribution in [2.45, 2.75) is 39.7 Å². The van der Waals surface area contributed by atoms with E-state index in [2.05, 4.69) is 31.0 Å². The van der Waals surface area contributed by atoms with Crippen molar-refractivity contribution in [1.82, 2.24) is 10.2 Å². The van der Waals surface area contributed by atoms with Crippen molar-refractivity contribution >= 4 is 0 Å². The van der Waals surface area contributed by atoms with E-state index in [1.807, 2.05) is 0 Å². The van der Waals surface area contributed by atoms with E-state index in [9.17, 15) is 0 Å². The maximum absolute atomic E-state index is 5.39. The Morgan fingerprint density at radius 1 is 1.25 bits per heavy atom. The highest BCUT2D eigenvalue weighted by Gasteiger charge is 2.19. The van der Waals surface area contributed by atoms with Gasteiger partial charge in [0.25, 0.3) is 0 Å². The summed E-state index contributed by atoms with van der Waals surface area (Å²) in [6.07, 6.45) is 2.44. The van der Waals surface area contributed by atoms with Gasteiger partial charge in [0, 0.05) is 32.3 Å². The van der Waals surface area contributed by atoms with Crippen molar-refractivity contribution in [3.63, 3.8) is 0 Å². The van der Waals surface area contributed by atoms with Gasteiger partial charge in [-0.25, -0.2) is 0 Å². The summed E-state index contributed by atoms with van der Waals surface area (Å²) in [5.41, 5.74) is 0. The molecular weight excluding hydrogens is 200 g/mol. The number of hydrogen-bond acceptors (Lipinski definition) is 3. The lowest BCUT2D eigenvalue weighted by Crippen LogP contribution is -2.41. The summed E-state index contributed by atoms with van der Waals surface area (Å²) in [7, 11) is 0. The zero-order valence-corrected chi connectivity index (χ0v) is 11.2. The van der Waals surface area contributed by atoms with E-state index in [1.54, 1.807) is 0 Å². The van der Waals surface area contributed by atoms with Gasteiger partial charge in [0.2, 0.25) is 0 Å². The molecule has 1 aliphatic heterocycles. The van der Waals surface area contributed by atoms with Gasteiger partial charge in [-0.3, -0.25) is 0 Å². The molecule has 0 aromatic heterocycles. The maximum atomic E-state index is 5.39. The summed E-state index contributed by atoms with van der Waals surface area (Å²) in [5, 5.41) is 3.65. The van der Waals surface area contributed by atoms with Gasteiger partial charge < -0.3 is 15.0 Å². The van der Waals surface area contributed by atoms with Crippen LogP contribution >= 0.6 is 0 Å². The summed E-state index contributed by atoms with van der Waals surface area (Å²) in [6, 6.07) is 0.638. The zero-order chi connectivity index (χ0) is 11.8. The Morgan fingerprint density at radius 3 is 2.44 bits per heavy atom. The Bertz CT molecular complexity index is 165. The number of ether oxygens (including phenoxy) is 1. The predicted octanol–water partition coefficient (Wildman–Crippen LogP) is 1.73. The fourth-order valence-electron chi connectivity index (χ4n) is 2.37. The van der Waals surface area contributed by atoms with Crippen LogP contribution in [0.5, 0.6) is 0 Å². The standard InChI is InChI=1S/C13H28N2O/c1-4-15(5-2)9-8-14-12(3)13-6-10-16-11-7-13/h12-14H,4-11H2,1-3H3. The minimum Gasteiger partial charge on any atom is -0.381 e. The number of likely N-dealkylation sites (N-methyl/N-ethyl adjacent to an activating group) is 1. The first-order chi connectivity index (χ1) is 7.77. The second-order valence-corrected chi connectivity index (χ2v) is 4.72. The van der Waals surface area contributed by atoms with E-state index in [0.29, 0.717) is 6.04 Å². The average Bonchev–Trinajstić information content (AvgIpc) is 2.35. The van der Waals surface area contributed by atoms with Gasteiger partial charge in [-0.2, -0.15) is 0 Å². The van der Waals surface area contributed by atoms with E-state index >= 15 is 0 Å². The molecule has 0 saturated carbocycles. The minimum atomic E-state index is 0.638. The lowest BCUT2D eigenvalue weighted by molar-refractivity contribution is 0.0557. The third-order valence-electron chi connectivity index (χ3n) is 3.76. The average molecular weight is 228 g/mol. The molecule has 0 bridgehead atoms. The van der Waals surface area contributed by atoms with Crippen molar-refractivity contribution in [2.75, 3.05) is 39.4 Å². The lowest BCUT2D eigenvalue weighted by Gasteiger charge is -2.29. The predicted molar refractivity (Wildman–Crippen MR) is 68.8 cm³/mol. The van der Waals surface area contributed by atoms with Crippen LogP contribution in [0.2, 0.25) is 0 Å². The van der Waals surface area contributed by atoms with Crippen LogP contribution in [0, 0.1) is 5.92 Å². The molecule has 1 atom stereocenters. The Hall–Kier alpha value is -0.120. The van der Waals surface area contributed by atoms with Crippen molar-refractivity contribution in [2.24, 2.45) is 5.92 Å². The van der Waals surface area contributed by atoms with Crippen LogP contribution in [0.15, 0.2) is 0 Å². The first-order valence-corrected chi connectivity index (χ1v) is 6.81. The Balaban J connectivity index is 2.11. The van der Waals surface area contributed by atoms with Gasteiger partial charge in [-0.1, -0.05) is 13.8 Å². The van der Waals surface area contributed by atoms with Crippen LogP contribution in [0.3, 0.4) is 0 Å². The first kappa shape index (κ1) is 13.9. The number of nitrogens with one attached hydrogen (secondary N) is 1. The Kier molecular flexibility index (Phi) is 7.01. The second kappa shape index (κ2) is 8.04. The van der Waals surface area contributed by atoms with Crippen LogP contribution in [0.1, 0.15) is 33.6 Å². The van der Waals surface area contributed by atoms with E-state index < -0.39 is 0 Å². The monoisotopic (exact) mass is 228 g/mol. The molecule has 3 nitrogen and oxygen atoms in total. The maximum Gasteiger partial charge on any atom is 0.0469 e. The molecule has 1 heterocycles. The van der Waals surface area contributed by atoms with Gasteiger partial charge in [0.1, 0.15) is 0 Å². The molecule has 96 valence electrons. The quantitative estimate of drug-likeness (QED) is 0.718. The summed E-state index contributed by atoms with van der Waals surface area (Å²) in [4.78, 5) is 2.46. The molecule has 0 amide bonds. The largest absolute Gasteiger partial charge is 0.381 e. The van der Waals surface area contributed by atoms with Crippen LogP contribution in [0.25, 0.3) is 0 Å². The SMILES string of the molecule is CCN(CC)CCNC(C)C1CCOCC1. The Morgan fingerprint density at radius 2 is 1.88 bits per heavy atom. The van der Waals surface area contributed by atoms with E-state index in [0.717, 1.165) is 38.8 Å². The van der Waals surface area contributed by atoms with Crippen LogP contribution in [0.4, 0.5) is 0 Å². The van der Waals surface area contributed by atoms with Gasteiger partial charge in [0.05, 0.1) is 0 Å². The minimum absolute atomic E-state index is 0.638. The molecule has 1 unspecified atom stereocenters. The van der Waals surface area contributed by atoms with Gasteiger partial charge >= 0.3 is 0 Å². The van der Waals surface area contributed by atoms with E-state index in [-0.39, 0.29) is 0 Å². The summed E-state index contributed by atoms with van der Waals surface area (Å²) in [5.74, 6) is 0.811. The normalized spacial score (nSPS) is 20.2. The van der Waals surface area contributed by atoms with Crippen molar-refractivity contribution in [1.29, 1.82) is 0 Å². The number of rotatable bonds is 7. The lowest BCUT2D eigenvalue weighted by atomic mass is 9.93. The van der Waals surface area contributed by atoms with Crippen molar-refractivity contribution < 1.29 is 4.74 Å². The van der Waals surface area contributed by atoms with Crippen LogP contribution < -0.4 is 5.32 Å². The van der Waals surface area contributed by atoms with Gasteiger partial charge in [0.15, 0.2) is 0 Å². The second-order valence-electron chi connectivity index (χ2n) is 4.72. The molecular formula is C13H28N2O. The highest BCUT2D eigenvalue weighted by atomic mass is 16.5. The van der Waals surface area contributed by atoms with Crippen molar-refractivity contribution in [3.8, 4) is 0 Å². The highest BCUT2D eigenvalue weighted by Crippen LogP contribution is 2.18. The van der Waals surface area contributed by atoms with Crippen LogP contribution in [-0.4, -0.2) is 50.3 Å². The molecule has 1 saturated heterocycles. The third-order valence-corrected chi connectivity index (χ3v) is 3.76. The zero-order valence-electron chi connectivity index (χ0n) is 11.2. The topological polar surface area (TPSA) is 24.5 Å². The fraction of sp³-hybridized carbons (Fsp3) is 1.00.